The Kier molecular flexibility index (Phi) is 4.19. The molecule has 20 heavy (non-hydrogen) atoms. The van der Waals surface area contributed by atoms with Crippen LogP contribution in [0.4, 0.5) is 5.95 Å². The molecule has 0 aliphatic heterocycles. The van der Waals surface area contributed by atoms with Crippen LogP contribution in [0.15, 0.2) is 24.3 Å². The molecule has 0 saturated heterocycles. The largest absolute Gasteiger partial charge is 0.493 e. The van der Waals surface area contributed by atoms with Crippen LogP contribution in [0.25, 0.3) is 0 Å². The van der Waals surface area contributed by atoms with Gasteiger partial charge in [-0.05, 0) is 26.0 Å². The second-order valence-electron chi connectivity index (χ2n) is 4.18. The molecule has 0 radical (unpaired) electrons. The van der Waals surface area contributed by atoms with Crippen molar-refractivity contribution >= 4 is 5.95 Å². The molecular formula is C13H16N4O3. The lowest BCUT2D eigenvalue weighted by atomic mass is 10.3. The Morgan fingerprint density at radius 1 is 1.00 bits per heavy atom. The van der Waals surface area contributed by atoms with Crippen LogP contribution in [0.1, 0.15) is 13.8 Å². The predicted molar refractivity (Wildman–Crippen MR) is 73.1 cm³/mol. The van der Waals surface area contributed by atoms with Crippen LogP contribution >= 0.6 is 0 Å². The number of nitrogen functional groups attached to an aromatic ring is 1. The number of nitrogens with zero attached hydrogens (tertiary/aromatic N) is 3. The van der Waals surface area contributed by atoms with Crippen molar-refractivity contribution in [3.63, 3.8) is 0 Å². The van der Waals surface area contributed by atoms with Crippen molar-refractivity contribution in [2.75, 3.05) is 12.8 Å². The van der Waals surface area contributed by atoms with Gasteiger partial charge in [-0.1, -0.05) is 12.1 Å². The Labute approximate surface area is 116 Å². The highest BCUT2D eigenvalue weighted by molar-refractivity contribution is 5.41. The van der Waals surface area contributed by atoms with Crippen LogP contribution in [0.2, 0.25) is 0 Å². The first-order chi connectivity index (χ1) is 9.58. The fourth-order valence-corrected chi connectivity index (χ4v) is 1.46. The highest BCUT2D eigenvalue weighted by Gasteiger charge is 2.11. The molecule has 0 amide bonds. The standard InChI is InChI=1S/C13H16N4O3/c1-8(2)19-12-15-11(14)16-13(17-12)20-10-7-5-4-6-9(10)18-3/h4-8H,1-3H3,(H2,14,15,16,17). The fraction of sp³-hybridized carbons (Fsp3) is 0.308. The van der Waals surface area contributed by atoms with E-state index in [2.05, 4.69) is 15.0 Å². The molecule has 2 aromatic rings. The van der Waals surface area contributed by atoms with Crippen molar-refractivity contribution in [3.8, 4) is 23.5 Å². The van der Waals surface area contributed by atoms with Gasteiger partial charge in [0.2, 0.25) is 5.95 Å². The number of benzene rings is 1. The minimum absolute atomic E-state index is 0.0283. The normalized spacial score (nSPS) is 10.4. The van der Waals surface area contributed by atoms with Crippen molar-refractivity contribution < 1.29 is 14.2 Å². The Bertz CT molecular complexity index is 590. The summed E-state index contributed by atoms with van der Waals surface area (Å²) in [5, 5.41) is 0. The summed E-state index contributed by atoms with van der Waals surface area (Å²) in [6.07, 6.45) is -0.0732. The molecule has 106 valence electrons. The molecule has 0 fully saturated rings. The molecule has 0 aliphatic rings. The van der Waals surface area contributed by atoms with Crippen LogP contribution in [0.5, 0.6) is 23.5 Å². The number of anilines is 1. The van der Waals surface area contributed by atoms with Gasteiger partial charge in [0.1, 0.15) is 0 Å². The summed E-state index contributed by atoms with van der Waals surface area (Å²) in [5.74, 6) is 1.08. The summed E-state index contributed by atoms with van der Waals surface area (Å²) >= 11 is 0. The lowest BCUT2D eigenvalue weighted by Gasteiger charge is -2.11. The van der Waals surface area contributed by atoms with Crippen molar-refractivity contribution in [2.45, 2.75) is 20.0 Å². The monoisotopic (exact) mass is 276 g/mol. The van der Waals surface area contributed by atoms with E-state index in [-0.39, 0.29) is 24.1 Å². The minimum Gasteiger partial charge on any atom is -0.493 e. The molecule has 2 rings (SSSR count). The first-order valence-electron chi connectivity index (χ1n) is 6.07. The second-order valence-corrected chi connectivity index (χ2v) is 4.18. The van der Waals surface area contributed by atoms with Gasteiger partial charge >= 0.3 is 12.0 Å². The van der Waals surface area contributed by atoms with Gasteiger partial charge in [-0.15, -0.1) is 4.98 Å². The maximum absolute atomic E-state index is 5.61. The third-order valence-electron chi connectivity index (χ3n) is 2.22. The predicted octanol–water partition coefficient (Wildman–Crippen LogP) is 2.04. The number of methoxy groups -OCH3 is 1. The van der Waals surface area contributed by atoms with E-state index in [0.717, 1.165) is 0 Å². The van der Waals surface area contributed by atoms with Crippen LogP contribution in [-0.2, 0) is 0 Å². The van der Waals surface area contributed by atoms with E-state index < -0.39 is 0 Å². The molecule has 7 heteroatoms. The molecular weight excluding hydrogens is 260 g/mol. The number of para-hydroxylation sites is 2. The molecule has 0 saturated carbocycles. The van der Waals surface area contributed by atoms with E-state index in [1.54, 1.807) is 19.2 Å². The van der Waals surface area contributed by atoms with Crippen LogP contribution in [-0.4, -0.2) is 28.2 Å². The van der Waals surface area contributed by atoms with Crippen molar-refractivity contribution in [3.05, 3.63) is 24.3 Å². The van der Waals surface area contributed by atoms with Gasteiger partial charge in [-0.3, -0.25) is 0 Å². The Hall–Kier alpha value is -2.57. The fourth-order valence-electron chi connectivity index (χ4n) is 1.46. The molecule has 1 aromatic heterocycles. The van der Waals surface area contributed by atoms with Gasteiger partial charge in [-0.25, -0.2) is 0 Å². The number of hydrogen-bond acceptors (Lipinski definition) is 7. The molecule has 0 atom stereocenters. The SMILES string of the molecule is COc1ccccc1Oc1nc(N)nc(OC(C)C)n1. The van der Waals surface area contributed by atoms with Crippen LogP contribution in [0, 0.1) is 0 Å². The maximum atomic E-state index is 5.61. The molecule has 1 aromatic carbocycles. The number of nitrogens with two attached hydrogens (primary N) is 1. The van der Waals surface area contributed by atoms with Crippen molar-refractivity contribution in [2.24, 2.45) is 0 Å². The zero-order valence-electron chi connectivity index (χ0n) is 11.5. The lowest BCUT2D eigenvalue weighted by Crippen LogP contribution is -2.11. The zero-order chi connectivity index (χ0) is 14.5. The Morgan fingerprint density at radius 2 is 1.65 bits per heavy atom. The summed E-state index contributed by atoms with van der Waals surface area (Å²) in [7, 11) is 1.55. The zero-order valence-corrected chi connectivity index (χ0v) is 11.5. The molecule has 0 unspecified atom stereocenters. The first kappa shape index (κ1) is 13.9. The quantitative estimate of drug-likeness (QED) is 0.893. The number of aromatic nitrogens is 3. The summed E-state index contributed by atoms with van der Waals surface area (Å²) < 4.78 is 16.1. The first-order valence-corrected chi connectivity index (χ1v) is 6.07. The molecule has 7 nitrogen and oxygen atoms in total. The second kappa shape index (κ2) is 6.05. The third-order valence-corrected chi connectivity index (χ3v) is 2.22. The lowest BCUT2D eigenvalue weighted by molar-refractivity contribution is 0.218. The van der Waals surface area contributed by atoms with E-state index in [0.29, 0.717) is 11.5 Å². The van der Waals surface area contributed by atoms with Gasteiger partial charge in [0, 0.05) is 0 Å². The molecule has 0 aliphatic carbocycles. The highest BCUT2D eigenvalue weighted by Crippen LogP contribution is 2.29. The van der Waals surface area contributed by atoms with E-state index in [1.807, 2.05) is 26.0 Å². The average molecular weight is 276 g/mol. The van der Waals surface area contributed by atoms with Gasteiger partial charge < -0.3 is 19.9 Å². The number of ether oxygens (including phenoxy) is 3. The van der Waals surface area contributed by atoms with Crippen molar-refractivity contribution in [1.29, 1.82) is 0 Å². The topological polar surface area (TPSA) is 92.4 Å². The van der Waals surface area contributed by atoms with Gasteiger partial charge in [0.15, 0.2) is 11.5 Å². The van der Waals surface area contributed by atoms with Gasteiger partial charge in [-0.2, -0.15) is 9.97 Å². The summed E-state index contributed by atoms with van der Waals surface area (Å²) in [4.78, 5) is 11.8. The van der Waals surface area contributed by atoms with Crippen LogP contribution in [0.3, 0.4) is 0 Å². The Morgan fingerprint density at radius 3 is 2.30 bits per heavy atom. The molecule has 2 N–H and O–H groups in total. The summed E-state index contributed by atoms with van der Waals surface area (Å²) in [5.41, 5.74) is 5.61. The Balaban J connectivity index is 2.26. The van der Waals surface area contributed by atoms with E-state index in [9.17, 15) is 0 Å². The van der Waals surface area contributed by atoms with Gasteiger partial charge in [0.05, 0.1) is 13.2 Å². The summed E-state index contributed by atoms with van der Waals surface area (Å²) in [6, 6.07) is 7.33. The van der Waals surface area contributed by atoms with E-state index in [4.69, 9.17) is 19.9 Å². The summed E-state index contributed by atoms with van der Waals surface area (Å²) in [6.45, 7) is 3.72. The third kappa shape index (κ3) is 3.47. The average Bonchev–Trinajstić information content (AvgIpc) is 2.37. The highest BCUT2D eigenvalue weighted by atomic mass is 16.5. The van der Waals surface area contributed by atoms with E-state index in [1.165, 1.54) is 0 Å². The number of rotatable bonds is 5. The smallest absolute Gasteiger partial charge is 0.330 e. The van der Waals surface area contributed by atoms with E-state index >= 15 is 0 Å². The molecule has 1 heterocycles. The maximum Gasteiger partial charge on any atom is 0.330 e. The van der Waals surface area contributed by atoms with Crippen LogP contribution < -0.4 is 19.9 Å². The van der Waals surface area contributed by atoms with Crippen molar-refractivity contribution in [1.82, 2.24) is 15.0 Å². The molecule has 0 spiro atoms. The van der Waals surface area contributed by atoms with Gasteiger partial charge in [0.25, 0.3) is 0 Å². The molecule has 0 bridgehead atoms. The minimum atomic E-state index is -0.0732. The number of hydrogen-bond donors (Lipinski definition) is 1.